The van der Waals surface area contributed by atoms with Gasteiger partial charge >= 0.3 is 0 Å². The maximum absolute atomic E-state index is 13.0. The number of hydrogen-bond donors (Lipinski definition) is 1. The highest BCUT2D eigenvalue weighted by molar-refractivity contribution is 6.47. The molecule has 0 aliphatic carbocycles. The third-order valence-electron chi connectivity index (χ3n) is 5.29. The van der Waals surface area contributed by atoms with Gasteiger partial charge in [0.05, 0.1) is 29.9 Å². The van der Waals surface area contributed by atoms with Crippen molar-refractivity contribution in [2.24, 2.45) is 5.92 Å². The lowest BCUT2D eigenvalue weighted by Gasteiger charge is -2.25. The maximum Gasteiger partial charge on any atom is 0.295 e. The molecule has 1 amide bonds. The quantitative estimate of drug-likeness (QED) is 0.292. The number of benzene rings is 2. The van der Waals surface area contributed by atoms with Crippen molar-refractivity contribution in [1.82, 2.24) is 4.90 Å². The fraction of sp³-hybridized carbons (Fsp3) is 0.385. The molecule has 1 heterocycles. The normalized spacial score (nSPS) is 17.6. The van der Waals surface area contributed by atoms with Gasteiger partial charge in [-0.15, -0.1) is 0 Å². The second kappa shape index (κ2) is 10.8. The van der Waals surface area contributed by atoms with E-state index in [4.69, 9.17) is 21.1 Å². The smallest absolute Gasteiger partial charge is 0.295 e. The molecule has 33 heavy (non-hydrogen) atoms. The van der Waals surface area contributed by atoms with Gasteiger partial charge in [0.2, 0.25) is 0 Å². The molecule has 3 rings (SSSR count). The largest absolute Gasteiger partial charge is 0.507 e. The van der Waals surface area contributed by atoms with Crippen molar-refractivity contribution in [3.05, 3.63) is 64.2 Å². The van der Waals surface area contributed by atoms with E-state index in [0.717, 1.165) is 0 Å². The summed E-state index contributed by atoms with van der Waals surface area (Å²) in [5.41, 5.74) is 0.969. The van der Waals surface area contributed by atoms with Crippen molar-refractivity contribution in [2.45, 2.75) is 40.2 Å². The van der Waals surface area contributed by atoms with Crippen LogP contribution < -0.4 is 9.47 Å². The summed E-state index contributed by atoms with van der Waals surface area (Å²) in [6, 6.07) is 11.4. The van der Waals surface area contributed by atoms with Gasteiger partial charge in [-0.05, 0) is 55.2 Å². The van der Waals surface area contributed by atoms with E-state index < -0.39 is 17.7 Å². The minimum atomic E-state index is -0.732. The molecule has 7 heteroatoms. The first kappa shape index (κ1) is 24.6. The Hall–Kier alpha value is -2.99. The lowest BCUT2D eigenvalue weighted by atomic mass is 9.95. The van der Waals surface area contributed by atoms with Crippen LogP contribution in [0.1, 0.15) is 51.3 Å². The molecular weight excluding hydrogens is 442 g/mol. The third-order valence-corrected chi connectivity index (χ3v) is 5.62. The van der Waals surface area contributed by atoms with Gasteiger partial charge < -0.3 is 19.5 Å². The Balaban J connectivity index is 2.09. The zero-order chi connectivity index (χ0) is 24.1. The van der Waals surface area contributed by atoms with E-state index in [1.54, 1.807) is 18.2 Å². The van der Waals surface area contributed by atoms with E-state index in [1.807, 2.05) is 38.1 Å². The Labute approximate surface area is 199 Å². The fourth-order valence-corrected chi connectivity index (χ4v) is 4.00. The topological polar surface area (TPSA) is 76.1 Å². The van der Waals surface area contributed by atoms with Crippen LogP contribution in [-0.2, 0) is 9.59 Å². The van der Waals surface area contributed by atoms with E-state index in [1.165, 1.54) is 4.90 Å². The maximum atomic E-state index is 13.0. The zero-order valence-corrected chi connectivity index (χ0v) is 20.2. The van der Waals surface area contributed by atoms with E-state index >= 15 is 0 Å². The number of amides is 1. The molecule has 1 atom stereocenters. The Bertz CT molecular complexity index is 1050. The lowest BCUT2D eigenvalue weighted by molar-refractivity contribution is -0.139. The van der Waals surface area contributed by atoms with Crippen LogP contribution >= 0.6 is 11.6 Å². The van der Waals surface area contributed by atoms with Crippen LogP contribution in [0.4, 0.5) is 0 Å². The monoisotopic (exact) mass is 471 g/mol. The summed E-state index contributed by atoms with van der Waals surface area (Å²) < 4.78 is 11.3. The van der Waals surface area contributed by atoms with Gasteiger partial charge in [0.15, 0.2) is 0 Å². The highest BCUT2D eigenvalue weighted by Crippen LogP contribution is 2.41. The average Bonchev–Trinajstić information content (AvgIpc) is 3.04. The van der Waals surface area contributed by atoms with Crippen molar-refractivity contribution >= 4 is 29.1 Å². The summed E-state index contributed by atoms with van der Waals surface area (Å²) >= 11 is 6.35. The van der Waals surface area contributed by atoms with Crippen LogP contribution in [0.3, 0.4) is 0 Å². The van der Waals surface area contributed by atoms with Gasteiger partial charge in [-0.1, -0.05) is 44.5 Å². The summed E-state index contributed by atoms with van der Waals surface area (Å²) in [6.07, 6.45) is 0.666. The molecule has 1 N–H and O–H groups in total. The molecule has 1 unspecified atom stereocenters. The fourth-order valence-electron chi connectivity index (χ4n) is 3.79. The number of halogens is 1. The minimum Gasteiger partial charge on any atom is -0.507 e. The molecule has 1 fully saturated rings. The SMILES string of the molecule is CCCN1C(=O)C(=O)/C(=C(/O)c2cc(OCC)ccc2Cl)C1c1ccc(OCC(C)C)cc1. The highest BCUT2D eigenvalue weighted by atomic mass is 35.5. The molecule has 2 aromatic rings. The summed E-state index contributed by atoms with van der Waals surface area (Å²) in [6.45, 7) is 9.32. The molecule has 1 aliphatic heterocycles. The van der Waals surface area contributed by atoms with Crippen LogP contribution in [0, 0.1) is 5.92 Å². The van der Waals surface area contributed by atoms with Crippen molar-refractivity contribution in [2.75, 3.05) is 19.8 Å². The third kappa shape index (κ3) is 5.33. The van der Waals surface area contributed by atoms with Gasteiger partial charge in [-0.25, -0.2) is 0 Å². The predicted octanol–water partition coefficient (Wildman–Crippen LogP) is 5.61. The number of rotatable bonds is 9. The number of carbonyl (C=O) groups is 2. The minimum absolute atomic E-state index is 0.0137. The first-order valence-electron chi connectivity index (χ1n) is 11.2. The van der Waals surface area contributed by atoms with Gasteiger partial charge in [0, 0.05) is 12.1 Å². The summed E-state index contributed by atoms with van der Waals surface area (Å²) in [4.78, 5) is 27.4. The molecule has 176 valence electrons. The lowest BCUT2D eigenvalue weighted by Crippen LogP contribution is -2.30. The van der Waals surface area contributed by atoms with Crippen molar-refractivity contribution < 1.29 is 24.2 Å². The molecule has 6 nitrogen and oxygen atoms in total. The van der Waals surface area contributed by atoms with Gasteiger partial charge in [0.25, 0.3) is 11.7 Å². The average molecular weight is 472 g/mol. The number of ether oxygens (including phenoxy) is 2. The van der Waals surface area contributed by atoms with Gasteiger partial charge in [-0.2, -0.15) is 0 Å². The van der Waals surface area contributed by atoms with E-state index in [-0.39, 0.29) is 21.9 Å². The number of ketones is 1. The molecule has 0 aromatic heterocycles. The number of aliphatic hydroxyl groups is 1. The zero-order valence-electron chi connectivity index (χ0n) is 19.4. The number of hydrogen-bond acceptors (Lipinski definition) is 5. The number of nitrogens with zero attached hydrogens (tertiary/aromatic N) is 1. The van der Waals surface area contributed by atoms with Gasteiger partial charge in [-0.3, -0.25) is 9.59 Å². The summed E-state index contributed by atoms with van der Waals surface area (Å²) in [5.74, 6) is -0.0894. The summed E-state index contributed by atoms with van der Waals surface area (Å²) in [5, 5.41) is 11.5. The van der Waals surface area contributed by atoms with Crippen molar-refractivity contribution in [3.8, 4) is 11.5 Å². The first-order chi connectivity index (χ1) is 15.8. The van der Waals surface area contributed by atoms with Crippen LogP contribution in [0.5, 0.6) is 11.5 Å². The second-order valence-corrected chi connectivity index (χ2v) is 8.75. The Morgan fingerprint density at radius 2 is 1.73 bits per heavy atom. The molecular formula is C26H30ClNO5. The van der Waals surface area contributed by atoms with Crippen LogP contribution in [0.2, 0.25) is 5.02 Å². The highest BCUT2D eigenvalue weighted by Gasteiger charge is 2.45. The molecule has 1 saturated heterocycles. The molecule has 1 aliphatic rings. The number of carbonyl (C=O) groups excluding carboxylic acids is 2. The first-order valence-corrected chi connectivity index (χ1v) is 11.6. The second-order valence-electron chi connectivity index (χ2n) is 8.34. The summed E-state index contributed by atoms with van der Waals surface area (Å²) in [7, 11) is 0. The van der Waals surface area contributed by atoms with Crippen LogP contribution in [-0.4, -0.2) is 41.5 Å². The Morgan fingerprint density at radius 3 is 2.33 bits per heavy atom. The standard InChI is InChI=1S/C26H30ClNO5/c1-5-13-28-23(17-7-9-18(10-8-17)33-15-16(3)4)22(25(30)26(28)31)24(29)20-14-19(32-6-2)11-12-21(20)27/h7-12,14,16,23,29H,5-6,13,15H2,1-4H3/b24-22+. The van der Waals surface area contributed by atoms with E-state index in [0.29, 0.717) is 49.2 Å². The van der Waals surface area contributed by atoms with Crippen molar-refractivity contribution in [3.63, 3.8) is 0 Å². The number of aliphatic hydroxyl groups excluding tert-OH is 1. The molecule has 0 radical (unpaired) electrons. The van der Waals surface area contributed by atoms with Crippen LogP contribution in [0.15, 0.2) is 48.0 Å². The number of Topliss-reactive ketones (excluding diaryl/α,β-unsaturated/α-hetero) is 1. The predicted molar refractivity (Wildman–Crippen MR) is 129 cm³/mol. The van der Waals surface area contributed by atoms with Crippen molar-refractivity contribution in [1.29, 1.82) is 0 Å². The molecule has 0 saturated carbocycles. The Morgan fingerprint density at radius 1 is 1.06 bits per heavy atom. The van der Waals surface area contributed by atoms with E-state index in [9.17, 15) is 14.7 Å². The van der Waals surface area contributed by atoms with Crippen LogP contribution in [0.25, 0.3) is 5.76 Å². The Kier molecular flexibility index (Phi) is 8.03. The molecule has 0 bridgehead atoms. The molecule has 0 spiro atoms. The number of likely N-dealkylation sites (tertiary alicyclic amines) is 1. The van der Waals surface area contributed by atoms with Gasteiger partial charge in [0.1, 0.15) is 17.3 Å². The molecule has 2 aromatic carbocycles. The van der Waals surface area contributed by atoms with E-state index in [2.05, 4.69) is 13.8 Å².